The lowest BCUT2D eigenvalue weighted by Crippen LogP contribution is -2.57. The van der Waals surface area contributed by atoms with Gasteiger partial charge in [0.25, 0.3) is 0 Å². The molecule has 12 nitrogen and oxygen atoms in total. The number of nitrogens with zero attached hydrogens (tertiary/aromatic N) is 4. The summed E-state index contributed by atoms with van der Waals surface area (Å²) in [5, 5.41) is 13.0. The average molecular weight is 814 g/mol. The third-order valence-electron chi connectivity index (χ3n) is 8.78. The molecule has 2 unspecified atom stereocenters. The number of ether oxygens (including phenoxy) is 1. The van der Waals surface area contributed by atoms with Crippen LogP contribution in [0.5, 0.6) is 0 Å². The minimum absolute atomic E-state index is 0.0270. The lowest BCUT2D eigenvalue weighted by atomic mass is 10.1. The summed E-state index contributed by atoms with van der Waals surface area (Å²) in [5.74, 6) is 0.368. The Bertz CT molecular complexity index is 1630. The number of nitrogens with one attached hydrogen (secondary N) is 3. The molecule has 14 heteroatoms. The first-order valence-corrected chi connectivity index (χ1v) is 19.5. The molecule has 0 bridgehead atoms. The number of likely N-dealkylation sites (N-methyl/N-ethyl adjacent to an activating group) is 1. The fraction of sp³-hybridized carbons (Fsp3) is 0.465. The molecular formula is C43H65ClFN7O5. The van der Waals surface area contributed by atoms with Gasteiger partial charge >= 0.3 is 0 Å². The van der Waals surface area contributed by atoms with Crippen LogP contribution >= 0.6 is 11.6 Å². The molecule has 3 N–H and O–H groups in total. The average Bonchev–Trinajstić information content (AvgIpc) is 3.63. The molecule has 0 saturated carbocycles. The largest absolute Gasteiger partial charge is 0.497 e. The normalized spacial score (nSPS) is 14.4. The van der Waals surface area contributed by atoms with Gasteiger partial charge in [0.2, 0.25) is 18.2 Å². The predicted molar refractivity (Wildman–Crippen MR) is 232 cm³/mol. The number of rotatable bonds is 17. The van der Waals surface area contributed by atoms with E-state index in [1.165, 1.54) is 43.9 Å². The lowest BCUT2D eigenvalue weighted by molar-refractivity contribution is -0.138. The topological polar surface area (TPSA) is 136 Å². The molecule has 0 spiro atoms. The predicted octanol–water partition coefficient (Wildman–Crippen LogP) is 7.98. The molecule has 2 aromatic carbocycles. The summed E-state index contributed by atoms with van der Waals surface area (Å²) < 4.78 is 17.4. The smallest absolute Gasteiger partial charge is 0.239 e. The van der Waals surface area contributed by atoms with E-state index in [2.05, 4.69) is 36.4 Å². The van der Waals surface area contributed by atoms with E-state index < -0.39 is 6.04 Å². The van der Waals surface area contributed by atoms with Crippen molar-refractivity contribution in [2.75, 3.05) is 46.2 Å². The molecule has 3 rings (SSSR count). The van der Waals surface area contributed by atoms with E-state index in [0.717, 1.165) is 29.7 Å². The van der Waals surface area contributed by atoms with Crippen LogP contribution in [-0.4, -0.2) is 98.7 Å². The van der Waals surface area contributed by atoms with Crippen molar-refractivity contribution >= 4 is 53.8 Å². The van der Waals surface area contributed by atoms with Gasteiger partial charge in [0, 0.05) is 62.5 Å². The second kappa shape index (κ2) is 29.4. The minimum atomic E-state index is -0.682. The standard InChI is InChI=1S/C31H45ClN6O4.C7H8FN.C4H10.CH2O/c1-9-29(22(3)18-23(4)42-8)37(20-39)24(5)31(35-28-19-26(32)11-10-21(28)2)38(25(6)40)36(17-15-33-7)16-14-27-12-13-30(41)34-27;1-9-7-4-2-6(8)3-5-7;1-3-4-2;1-2/h9-11,18-20,24,27,33H,4,12-17H2,1-3,5-8H3,(H,34,41);2-5,9H,1H3;3-4H2,1-2H3;1H2/b22-18-,29-9+,35-31?;;;. The number of amides is 3. The molecule has 316 valence electrons. The van der Waals surface area contributed by atoms with Gasteiger partial charge in [0.05, 0.1) is 18.8 Å². The Kier molecular flexibility index (Phi) is 26.9. The van der Waals surface area contributed by atoms with Crippen molar-refractivity contribution in [3.63, 3.8) is 0 Å². The van der Waals surface area contributed by atoms with Crippen LogP contribution < -0.4 is 16.0 Å². The Hall–Kier alpha value is -4.85. The Morgan fingerprint density at radius 3 is 2.23 bits per heavy atom. The number of halogens is 2. The number of hydrogen-bond acceptors (Lipinski definition) is 9. The monoisotopic (exact) mass is 813 g/mol. The van der Waals surface area contributed by atoms with Gasteiger partial charge in [-0.3, -0.25) is 14.4 Å². The molecule has 1 aliphatic rings. The van der Waals surface area contributed by atoms with Crippen LogP contribution in [0.1, 0.15) is 79.2 Å². The third kappa shape index (κ3) is 18.8. The van der Waals surface area contributed by atoms with Gasteiger partial charge in [0.1, 0.15) is 24.2 Å². The van der Waals surface area contributed by atoms with Gasteiger partial charge < -0.3 is 30.4 Å². The van der Waals surface area contributed by atoms with E-state index in [4.69, 9.17) is 26.1 Å². The third-order valence-corrected chi connectivity index (χ3v) is 9.01. The number of anilines is 1. The number of allylic oxidation sites excluding steroid dienone is 3. The van der Waals surface area contributed by atoms with Crippen LogP contribution in [0.15, 0.2) is 83.2 Å². The molecular weight excluding hydrogens is 749 g/mol. The van der Waals surface area contributed by atoms with Gasteiger partial charge in [-0.15, -0.1) is 0 Å². The first kappa shape index (κ1) is 52.2. The summed E-state index contributed by atoms with van der Waals surface area (Å²) in [5.41, 5.74) is 3.74. The molecule has 2 atom stereocenters. The van der Waals surface area contributed by atoms with Crippen molar-refractivity contribution < 1.29 is 28.3 Å². The molecule has 0 radical (unpaired) electrons. The fourth-order valence-electron chi connectivity index (χ4n) is 5.45. The van der Waals surface area contributed by atoms with Gasteiger partial charge in [-0.05, 0) is 101 Å². The molecule has 0 aromatic heterocycles. The number of unbranched alkanes of at least 4 members (excludes halogenated alkanes) is 1. The van der Waals surface area contributed by atoms with Gasteiger partial charge in [-0.2, -0.15) is 0 Å². The maximum atomic E-state index is 13.5. The fourth-order valence-corrected chi connectivity index (χ4v) is 5.62. The van der Waals surface area contributed by atoms with Crippen molar-refractivity contribution in [1.29, 1.82) is 0 Å². The number of benzene rings is 2. The number of aliphatic imine (C=N–C) groups is 1. The Balaban J connectivity index is 0.00000175. The van der Waals surface area contributed by atoms with Crippen LogP contribution in [0, 0.1) is 12.7 Å². The first-order chi connectivity index (χ1) is 27.2. The Labute approximate surface area is 345 Å². The minimum Gasteiger partial charge on any atom is -0.497 e. The van der Waals surface area contributed by atoms with E-state index in [1.54, 1.807) is 42.4 Å². The summed E-state index contributed by atoms with van der Waals surface area (Å²) in [7, 11) is 5.17. The van der Waals surface area contributed by atoms with Crippen molar-refractivity contribution in [1.82, 2.24) is 25.6 Å². The highest BCUT2D eigenvalue weighted by molar-refractivity contribution is 6.30. The summed E-state index contributed by atoms with van der Waals surface area (Å²) in [6.07, 6.45) is 8.83. The van der Waals surface area contributed by atoms with Crippen molar-refractivity contribution in [2.45, 2.75) is 92.7 Å². The van der Waals surface area contributed by atoms with Crippen molar-refractivity contribution in [2.24, 2.45) is 4.99 Å². The number of carbonyl (C=O) groups is 4. The molecule has 3 amide bonds. The van der Waals surface area contributed by atoms with Gasteiger partial charge in [-0.1, -0.05) is 57.0 Å². The zero-order valence-corrected chi connectivity index (χ0v) is 36.3. The molecule has 1 fully saturated rings. The van der Waals surface area contributed by atoms with Crippen LogP contribution in [-0.2, 0) is 23.9 Å². The quantitative estimate of drug-likeness (QED) is 0.0366. The van der Waals surface area contributed by atoms with Crippen molar-refractivity contribution in [3.05, 3.63) is 94.6 Å². The molecule has 2 aromatic rings. The second-order valence-electron chi connectivity index (χ2n) is 13.0. The summed E-state index contributed by atoms with van der Waals surface area (Å²) in [4.78, 5) is 52.6. The summed E-state index contributed by atoms with van der Waals surface area (Å²) >= 11 is 6.35. The Morgan fingerprint density at radius 1 is 1.12 bits per heavy atom. The number of methoxy groups -OCH3 is 1. The van der Waals surface area contributed by atoms with E-state index >= 15 is 0 Å². The van der Waals surface area contributed by atoms with Gasteiger partial charge in [-0.25, -0.2) is 19.4 Å². The van der Waals surface area contributed by atoms with Crippen LogP contribution in [0.3, 0.4) is 0 Å². The highest BCUT2D eigenvalue weighted by atomic mass is 35.5. The van der Waals surface area contributed by atoms with E-state index in [-0.39, 0.29) is 23.7 Å². The van der Waals surface area contributed by atoms with E-state index in [1.807, 2.05) is 58.7 Å². The highest BCUT2D eigenvalue weighted by Crippen LogP contribution is 2.27. The summed E-state index contributed by atoms with van der Waals surface area (Å²) in [6.45, 7) is 20.7. The lowest BCUT2D eigenvalue weighted by Gasteiger charge is -2.40. The number of carbonyl (C=O) groups excluding carboxylic acids is 4. The highest BCUT2D eigenvalue weighted by Gasteiger charge is 2.33. The second-order valence-corrected chi connectivity index (χ2v) is 13.4. The molecule has 1 aliphatic heterocycles. The molecule has 1 heterocycles. The SMILES string of the molecule is C=C(/C=C(C)\C(=C/C)N(C=O)C(C)C(=Nc1cc(Cl)ccc1C)N(C(C)=O)N(CCNC)CCC1CCC(=O)N1)OC.C=O.CCCC.CNc1ccc(F)cc1. The Morgan fingerprint density at radius 2 is 1.75 bits per heavy atom. The maximum Gasteiger partial charge on any atom is 0.239 e. The van der Waals surface area contributed by atoms with Gasteiger partial charge in [0.15, 0.2) is 0 Å². The zero-order chi connectivity index (χ0) is 43.5. The number of hydrazine groups is 1. The zero-order valence-electron chi connectivity index (χ0n) is 35.6. The molecule has 57 heavy (non-hydrogen) atoms. The first-order valence-electron chi connectivity index (χ1n) is 19.1. The van der Waals surface area contributed by atoms with Crippen LogP contribution in [0.25, 0.3) is 0 Å². The molecule has 1 saturated heterocycles. The van der Waals surface area contributed by atoms with E-state index in [9.17, 15) is 18.8 Å². The van der Waals surface area contributed by atoms with E-state index in [0.29, 0.717) is 60.5 Å². The summed E-state index contributed by atoms with van der Waals surface area (Å²) in [6, 6.07) is 11.0. The maximum absolute atomic E-state index is 13.5. The number of amidine groups is 1. The van der Waals surface area contributed by atoms with Crippen LogP contribution in [0.4, 0.5) is 15.8 Å². The molecule has 0 aliphatic carbocycles. The van der Waals surface area contributed by atoms with Crippen molar-refractivity contribution in [3.8, 4) is 0 Å². The number of hydrogen-bond donors (Lipinski definition) is 3. The number of aryl methyl sites for hydroxylation is 1. The van der Waals surface area contributed by atoms with Crippen LogP contribution in [0.2, 0.25) is 5.02 Å².